The van der Waals surface area contributed by atoms with Gasteiger partial charge in [0.2, 0.25) is 0 Å². The highest BCUT2D eigenvalue weighted by atomic mass is 19.1. The van der Waals surface area contributed by atoms with Gasteiger partial charge in [0.25, 0.3) is 0 Å². The van der Waals surface area contributed by atoms with Crippen molar-refractivity contribution < 1.29 is 14.2 Å². The minimum absolute atomic E-state index is 0.102. The molecule has 0 saturated heterocycles. The van der Waals surface area contributed by atoms with Crippen molar-refractivity contribution in [2.45, 2.75) is 12.8 Å². The molecule has 0 N–H and O–H groups in total. The quantitative estimate of drug-likeness (QED) is 0.503. The van der Waals surface area contributed by atoms with E-state index in [0.29, 0.717) is 26.1 Å². The first-order valence-electron chi connectivity index (χ1n) is 3.13. The SMILES string of the molecule is [O]CCCOCCCF. The van der Waals surface area contributed by atoms with E-state index < -0.39 is 0 Å². The summed E-state index contributed by atoms with van der Waals surface area (Å²) in [6, 6.07) is 0. The lowest BCUT2D eigenvalue weighted by Crippen LogP contribution is -1.98. The molecule has 0 rings (SSSR count). The largest absolute Gasteiger partial charge is 0.381 e. The second kappa shape index (κ2) is 7.85. The molecule has 0 fully saturated rings. The number of hydrogen-bond acceptors (Lipinski definition) is 1. The summed E-state index contributed by atoms with van der Waals surface area (Å²) in [5, 5.41) is 9.81. The number of rotatable bonds is 6. The Bertz CT molecular complexity index is 44.3. The minimum atomic E-state index is -0.336. The maximum Gasteiger partial charge on any atom is 0.0916 e. The van der Waals surface area contributed by atoms with E-state index in [9.17, 15) is 9.50 Å². The normalized spacial score (nSPS) is 10.0. The van der Waals surface area contributed by atoms with Crippen LogP contribution in [0.15, 0.2) is 0 Å². The Morgan fingerprint density at radius 3 is 2.44 bits per heavy atom. The van der Waals surface area contributed by atoms with Crippen molar-refractivity contribution in [1.29, 1.82) is 0 Å². The molecule has 0 spiro atoms. The highest BCUT2D eigenvalue weighted by Gasteiger charge is 1.86. The molecule has 0 aromatic rings. The van der Waals surface area contributed by atoms with Gasteiger partial charge in [0.05, 0.1) is 13.3 Å². The molecule has 0 amide bonds. The molecule has 9 heavy (non-hydrogen) atoms. The van der Waals surface area contributed by atoms with Gasteiger partial charge in [-0.05, 0) is 12.8 Å². The van der Waals surface area contributed by atoms with Gasteiger partial charge in [0.1, 0.15) is 0 Å². The molecule has 0 heterocycles. The molecule has 0 aromatic carbocycles. The van der Waals surface area contributed by atoms with E-state index in [4.69, 9.17) is 4.74 Å². The van der Waals surface area contributed by atoms with Crippen LogP contribution >= 0.6 is 0 Å². The summed E-state index contributed by atoms with van der Waals surface area (Å²) in [4.78, 5) is 0. The molecule has 0 aliphatic rings. The van der Waals surface area contributed by atoms with Gasteiger partial charge in [-0.3, -0.25) is 4.39 Å². The van der Waals surface area contributed by atoms with Crippen LogP contribution in [0.25, 0.3) is 0 Å². The monoisotopic (exact) mass is 135 g/mol. The van der Waals surface area contributed by atoms with E-state index in [1.165, 1.54) is 0 Å². The molecule has 0 unspecified atom stereocenters. The fourth-order valence-corrected chi connectivity index (χ4v) is 0.420. The average Bonchev–Trinajstić information content (AvgIpc) is 1.89. The van der Waals surface area contributed by atoms with Gasteiger partial charge in [-0.2, -0.15) is 0 Å². The summed E-state index contributed by atoms with van der Waals surface area (Å²) < 4.78 is 16.2. The summed E-state index contributed by atoms with van der Waals surface area (Å²) in [6.07, 6.45) is 0.977. The highest BCUT2D eigenvalue weighted by Crippen LogP contribution is 1.85. The predicted molar refractivity (Wildman–Crippen MR) is 31.6 cm³/mol. The van der Waals surface area contributed by atoms with Crippen molar-refractivity contribution >= 4 is 0 Å². The van der Waals surface area contributed by atoms with Crippen LogP contribution in [0.5, 0.6) is 0 Å². The molecule has 0 bridgehead atoms. The second-order valence-corrected chi connectivity index (χ2v) is 1.71. The molecule has 0 saturated carbocycles. The van der Waals surface area contributed by atoms with Crippen LogP contribution in [0.1, 0.15) is 12.8 Å². The Morgan fingerprint density at radius 2 is 1.89 bits per heavy atom. The van der Waals surface area contributed by atoms with Crippen molar-refractivity contribution in [3.63, 3.8) is 0 Å². The summed E-state index contributed by atoms with van der Waals surface area (Å²) in [5.41, 5.74) is 0. The lowest BCUT2D eigenvalue weighted by molar-refractivity contribution is 0.0946. The molecule has 3 heteroatoms. The van der Waals surface area contributed by atoms with Gasteiger partial charge in [-0.1, -0.05) is 0 Å². The Balaban J connectivity index is 2.60. The molecular formula is C6H12FO2. The van der Waals surface area contributed by atoms with Crippen LogP contribution in [-0.4, -0.2) is 26.5 Å². The van der Waals surface area contributed by atoms with Gasteiger partial charge in [-0.25, -0.2) is 5.11 Å². The van der Waals surface area contributed by atoms with Crippen molar-refractivity contribution in [1.82, 2.24) is 0 Å². The molecule has 0 aliphatic carbocycles. The van der Waals surface area contributed by atoms with Gasteiger partial charge >= 0.3 is 0 Å². The van der Waals surface area contributed by atoms with Crippen molar-refractivity contribution in [3.05, 3.63) is 0 Å². The second-order valence-electron chi connectivity index (χ2n) is 1.71. The summed E-state index contributed by atoms with van der Waals surface area (Å²) in [6.45, 7) is 0.479. The first-order valence-corrected chi connectivity index (χ1v) is 3.13. The van der Waals surface area contributed by atoms with Gasteiger partial charge in [-0.15, -0.1) is 0 Å². The van der Waals surface area contributed by atoms with Crippen molar-refractivity contribution in [3.8, 4) is 0 Å². The third-order valence-corrected chi connectivity index (χ3v) is 0.855. The van der Waals surface area contributed by atoms with E-state index in [2.05, 4.69) is 0 Å². The molecule has 0 atom stereocenters. The average molecular weight is 135 g/mol. The molecule has 2 nitrogen and oxygen atoms in total. The third-order valence-electron chi connectivity index (χ3n) is 0.855. The standard InChI is InChI=1S/C6H12FO2/c7-3-1-5-9-6-2-4-8/h1-6H2. The van der Waals surface area contributed by atoms with Gasteiger partial charge in [0, 0.05) is 13.2 Å². The minimum Gasteiger partial charge on any atom is -0.381 e. The third kappa shape index (κ3) is 7.85. The molecule has 1 radical (unpaired) electrons. The lowest BCUT2D eigenvalue weighted by Gasteiger charge is -1.97. The van der Waals surface area contributed by atoms with E-state index in [-0.39, 0.29) is 13.3 Å². The fraction of sp³-hybridized carbons (Fsp3) is 1.00. The van der Waals surface area contributed by atoms with E-state index in [1.807, 2.05) is 0 Å². The zero-order chi connectivity index (χ0) is 6.95. The highest BCUT2D eigenvalue weighted by molar-refractivity contribution is 4.33. The summed E-state index contributed by atoms with van der Waals surface area (Å²) >= 11 is 0. The number of alkyl halides is 1. The van der Waals surface area contributed by atoms with Crippen LogP contribution in [0.3, 0.4) is 0 Å². The fourth-order valence-electron chi connectivity index (χ4n) is 0.420. The Morgan fingerprint density at radius 1 is 1.22 bits per heavy atom. The van der Waals surface area contributed by atoms with Crippen LogP contribution in [-0.2, 0) is 9.84 Å². The zero-order valence-corrected chi connectivity index (χ0v) is 5.44. The lowest BCUT2D eigenvalue weighted by atomic mass is 10.5. The maximum atomic E-state index is 11.4. The van der Waals surface area contributed by atoms with Crippen molar-refractivity contribution in [2.75, 3.05) is 26.5 Å². The van der Waals surface area contributed by atoms with Crippen LogP contribution in [0, 0.1) is 0 Å². The van der Waals surface area contributed by atoms with Crippen LogP contribution < -0.4 is 0 Å². The Labute approximate surface area is 54.6 Å². The van der Waals surface area contributed by atoms with E-state index in [0.717, 1.165) is 0 Å². The predicted octanol–water partition coefficient (Wildman–Crippen LogP) is 1.18. The number of hydrogen-bond donors (Lipinski definition) is 0. The van der Waals surface area contributed by atoms with Gasteiger partial charge in [0.15, 0.2) is 0 Å². The van der Waals surface area contributed by atoms with Crippen LogP contribution in [0.4, 0.5) is 4.39 Å². The molecule has 55 valence electrons. The molecule has 0 aromatic heterocycles. The van der Waals surface area contributed by atoms with E-state index >= 15 is 0 Å². The topological polar surface area (TPSA) is 29.1 Å². The summed E-state index contributed by atoms with van der Waals surface area (Å²) in [7, 11) is 0. The van der Waals surface area contributed by atoms with Gasteiger partial charge < -0.3 is 4.74 Å². The number of halogens is 1. The maximum absolute atomic E-state index is 11.4. The van der Waals surface area contributed by atoms with E-state index in [1.54, 1.807) is 0 Å². The molecular weight excluding hydrogens is 123 g/mol. The summed E-state index contributed by atoms with van der Waals surface area (Å²) in [5.74, 6) is 0. The first kappa shape index (κ1) is 8.85. The zero-order valence-electron chi connectivity index (χ0n) is 5.44. The Kier molecular flexibility index (Phi) is 7.72. The number of ether oxygens (including phenoxy) is 1. The Hall–Kier alpha value is -0.150. The first-order chi connectivity index (χ1) is 4.41. The van der Waals surface area contributed by atoms with Crippen molar-refractivity contribution in [2.24, 2.45) is 0 Å². The van der Waals surface area contributed by atoms with Crippen LogP contribution in [0.2, 0.25) is 0 Å². The smallest absolute Gasteiger partial charge is 0.0916 e. The molecule has 0 aliphatic heterocycles.